The first-order valence-electron chi connectivity index (χ1n) is 4.64. The molecule has 4 nitrogen and oxygen atoms in total. The Kier molecular flexibility index (Phi) is 2.44. The molecule has 0 radical (unpaired) electrons. The van der Waals surface area contributed by atoms with E-state index in [0.717, 1.165) is 4.68 Å². The van der Waals surface area contributed by atoms with Crippen LogP contribution in [0.3, 0.4) is 0 Å². The predicted molar refractivity (Wildman–Crippen MR) is 55.8 cm³/mol. The van der Waals surface area contributed by atoms with E-state index in [0.29, 0.717) is 17.0 Å². The van der Waals surface area contributed by atoms with Crippen molar-refractivity contribution in [2.75, 3.05) is 0 Å². The zero-order chi connectivity index (χ0) is 11.7. The van der Waals surface area contributed by atoms with Gasteiger partial charge in [0, 0.05) is 11.3 Å². The van der Waals surface area contributed by atoms with Gasteiger partial charge >= 0.3 is 6.09 Å². The summed E-state index contributed by atoms with van der Waals surface area (Å²) in [5.41, 5.74) is 1.49. The smallest absolute Gasteiger partial charge is 0.432 e. The van der Waals surface area contributed by atoms with Gasteiger partial charge in [-0.15, -0.1) is 0 Å². The Bertz CT molecular complexity index is 549. The first-order valence-corrected chi connectivity index (χ1v) is 4.64. The normalized spacial score (nSPS) is 10.4. The van der Waals surface area contributed by atoms with Crippen LogP contribution in [0.1, 0.15) is 5.69 Å². The third-order valence-electron chi connectivity index (χ3n) is 2.19. The fourth-order valence-corrected chi connectivity index (χ4v) is 1.46. The summed E-state index contributed by atoms with van der Waals surface area (Å²) in [6, 6.07) is 7.47. The molecule has 1 aromatic heterocycles. The maximum Gasteiger partial charge on any atom is 0.432 e. The van der Waals surface area contributed by atoms with Crippen molar-refractivity contribution in [3.8, 4) is 11.3 Å². The number of aromatic nitrogens is 2. The first-order chi connectivity index (χ1) is 7.58. The second-order valence-corrected chi connectivity index (χ2v) is 3.38. The molecule has 0 aliphatic rings. The number of carboxylic acid groups (broad SMARTS) is 1. The molecule has 82 valence electrons. The van der Waals surface area contributed by atoms with Crippen molar-refractivity contribution in [1.82, 2.24) is 9.78 Å². The van der Waals surface area contributed by atoms with Gasteiger partial charge in [-0.1, -0.05) is 12.1 Å². The van der Waals surface area contributed by atoms with Gasteiger partial charge in [-0.3, -0.25) is 0 Å². The molecular formula is C11H9FN2O2. The summed E-state index contributed by atoms with van der Waals surface area (Å²) in [4.78, 5) is 10.8. The van der Waals surface area contributed by atoms with Crippen LogP contribution < -0.4 is 0 Å². The number of hydrogen-bond donors (Lipinski definition) is 1. The van der Waals surface area contributed by atoms with Gasteiger partial charge in [-0.2, -0.15) is 9.78 Å². The molecule has 16 heavy (non-hydrogen) atoms. The van der Waals surface area contributed by atoms with Crippen LogP contribution in [0.5, 0.6) is 0 Å². The van der Waals surface area contributed by atoms with E-state index in [1.54, 1.807) is 25.1 Å². The standard InChI is InChI=1S/C11H9FN2O2/c1-7-5-10(13-14(7)11(15)16)8-3-2-4-9(12)6-8/h2-6H,1H3,(H,15,16). The van der Waals surface area contributed by atoms with Gasteiger partial charge in [0.25, 0.3) is 0 Å². The van der Waals surface area contributed by atoms with Gasteiger partial charge < -0.3 is 5.11 Å². The van der Waals surface area contributed by atoms with Crippen LogP contribution in [-0.4, -0.2) is 21.0 Å². The van der Waals surface area contributed by atoms with Crippen LogP contribution >= 0.6 is 0 Å². The number of benzene rings is 1. The Morgan fingerprint density at radius 3 is 2.75 bits per heavy atom. The Balaban J connectivity index is 2.49. The van der Waals surface area contributed by atoms with Crippen molar-refractivity contribution in [3.63, 3.8) is 0 Å². The summed E-state index contributed by atoms with van der Waals surface area (Å²) in [5.74, 6) is -0.375. The molecule has 0 spiro atoms. The Labute approximate surface area is 90.9 Å². The molecule has 1 N–H and O–H groups in total. The van der Waals surface area contributed by atoms with Crippen LogP contribution in [0, 0.1) is 12.7 Å². The van der Waals surface area contributed by atoms with E-state index in [4.69, 9.17) is 5.11 Å². The highest BCUT2D eigenvalue weighted by Crippen LogP contribution is 2.19. The lowest BCUT2D eigenvalue weighted by Crippen LogP contribution is -2.11. The Hall–Kier alpha value is -2.17. The van der Waals surface area contributed by atoms with Crippen LogP contribution in [-0.2, 0) is 0 Å². The summed E-state index contributed by atoms with van der Waals surface area (Å²) in [7, 11) is 0. The van der Waals surface area contributed by atoms with E-state index >= 15 is 0 Å². The molecule has 1 aromatic carbocycles. The number of rotatable bonds is 1. The average molecular weight is 220 g/mol. The van der Waals surface area contributed by atoms with E-state index in [1.807, 2.05) is 0 Å². The van der Waals surface area contributed by atoms with Crippen LogP contribution in [0.2, 0.25) is 0 Å². The zero-order valence-electron chi connectivity index (χ0n) is 8.51. The number of halogens is 1. The SMILES string of the molecule is Cc1cc(-c2cccc(F)c2)nn1C(=O)O. The molecule has 0 amide bonds. The molecule has 5 heteroatoms. The summed E-state index contributed by atoms with van der Waals surface area (Å²) in [5, 5.41) is 12.7. The largest absolute Gasteiger partial charge is 0.463 e. The van der Waals surface area contributed by atoms with E-state index < -0.39 is 6.09 Å². The number of nitrogens with zero attached hydrogens (tertiary/aromatic N) is 2. The summed E-state index contributed by atoms with van der Waals surface area (Å²) < 4.78 is 13.8. The second-order valence-electron chi connectivity index (χ2n) is 3.38. The molecule has 0 bridgehead atoms. The highest BCUT2D eigenvalue weighted by atomic mass is 19.1. The van der Waals surface area contributed by atoms with Gasteiger partial charge in [-0.25, -0.2) is 9.18 Å². The minimum absolute atomic E-state index is 0.375. The van der Waals surface area contributed by atoms with Crippen molar-refractivity contribution in [2.45, 2.75) is 6.92 Å². The van der Waals surface area contributed by atoms with Crippen LogP contribution in [0.15, 0.2) is 30.3 Å². The molecule has 0 atom stereocenters. The number of aryl methyl sites for hydroxylation is 1. The molecule has 0 saturated carbocycles. The summed E-state index contributed by atoms with van der Waals surface area (Å²) in [6.07, 6.45) is -1.15. The number of hydrogen-bond acceptors (Lipinski definition) is 2. The lowest BCUT2D eigenvalue weighted by Gasteiger charge is -1.96. The van der Waals surface area contributed by atoms with Crippen LogP contribution in [0.4, 0.5) is 9.18 Å². The summed E-state index contributed by atoms with van der Waals surface area (Å²) >= 11 is 0. The monoisotopic (exact) mass is 220 g/mol. The Morgan fingerprint density at radius 2 is 2.19 bits per heavy atom. The molecule has 0 unspecified atom stereocenters. The lowest BCUT2D eigenvalue weighted by molar-refractivity contribution is 0.192. The third kappa shape index (κ3) is 1.79. The van der Waals surface area contributed by atoms with Gasteiger partial charge in [-0.05, 0) is 25.1 Å². The molecule has 0 aliphatic carbocycles. The fourth-order valence-electron chi connectivity index (χ4n) is 1.46. The van der Waals surface area contributed by atoms with Crippen molar-refractivity contribution < 1.29 is 14.3 Å². The van der Waals surface area contributed by atoms with Gasteiger partial charge in [0.1, 0.15) is 5.82 Å². The van der Waals surface area contributed by atoms with E-state index in [1.165, 1.54) is 12.1 Å². The van der Waals surface area contributed by atoms with E-state index in [2.05, 4.69) is 5.10 Å². The number of carbonyl (C=O) groups is 1. The lowest BCUT2D eigenvalue weighted by atomic mass is 10.1. The molecule has 0 aliphatic heterocycles. The first kappa shape index (κ1) is 10.4. The van der Waals surface area contributed by atoms with E-state index in [9.17, 15) is 9.18 Å². The zero-order valence-corrected chi connectivity index (χ0v) is 8.51. The van der Waals surface area contributed by atoms with E-state index in [-0.39, 0.29) is 5.82 Å². The van der Waals surface area contributed by atoms with Gasteiger partial charge in [0.15, 0.2) is 0 Å². The van der Waals surface area contributed by atoms with Crippen molar-refractivity contribution >= 4 is 6.09 Å². The Morgan fingerprint density at radius 1 is 1.44 bits per heavy atom. The van der Waals surface area contributed by atoms with Crippen molar-refractivity contribution in [1.29, 1.82) is 0 Å². The van der Waals surface area contributed by atoms with Crippen LogP contribution in [0.25, 0.3) is 11.3 Å². The van der Waals surface area contributed by atoms with Gasteiger partial charge in [0.2, 0.25) is 0 Å². The molecule has 0 fully saturated rings. The minimum Gasteiger partial charge on any atom is -0.463 e. The van der Waals surface area contributed by atoms with Gasteiger partial charge in [0.05, 0.1) is 5.69 Å². The molecule has 0 saturated heterocycles. The molecule has 2 rings (SSSR count). The average Bonchev–Trinajstić information content (AvgIpc) is 2.60. The maximum atomic E-state index is 13.0. The molecule has 1 heterocycles. The maximum absolute atomic E-state index is 13.0. The highest BCUT2D eigenvalue weighted by Gasteiger charge is 2.11. The highest BCUT2D eigenvalue weighted by molar-refractivity contribution is 5.70. The van der Waals surface area contributed by atoms with Crippen molar-refractivity contribution in [2.24, 2.45) is 0 Å². The quantitative estimate of drug-likeness (QED) is 0.803. The summed E-state index contributed by atoms with van der Waals surface area (Å²) in [6.45, 7) is 1.63. The third-order valence-corrected chi connectivity index (χ3v) is 2.19. The predicted octanol–water partition coefficient (Wildman–Crippen LogP) is 2.52. The van der Waals surface area contributed by atoms with Crippen molar-refractivity contribution in [3.05, 3.63) is 41.8 Å². The topological polar surface area (TPSA) is 55.1 Å². The molecular weight excluding hydrogens is 211 g/mol. The molecule has 2 aromatic rings. The fraction of sp³-hybridized carbons (Fsp3) is 0.0909. The second kappa shape index (κ2) is 3.77. The minimum atomic E-state index is -1.15.